The lowest BCUT2D eigenvalue weighted by Gasteiger charge is -2.43. The van der Waals surface area contributed by atoms with Crippen LogP contribution in [-0.4, -0.2) is 40.4 Å². The molecule has 26 heavy (non-hydrogen) atoms. The molecule has 0 unspecified atom stereocenters. The van der Waals surface area contributed by atoms with Crippen LogP contribution in [0.25, 0.3) is 0 Å². The molecular weight excluding hydrogens is 342 g/mol. The van der Waals surface area contributed by atoms with Crippen LogP contribution in [0.4, 0.5) is 0 Å². The number of nitrogens with zero attached hydrogens (tertiary/aromatic N) is 2. The zero-order valence-corrected chi connectivity index (χ0v) is 16.4. The monoisotopic (exact) mass is 369 g/mol. The van der Waals surface area contributed by atoms with Gasteiger partial charge < -0.3 is 10.2 Å². The molecule has 138 valence electrons. The Labute approximate surface area is 160 Å². The fraction of sp³-hybridized carbons (Fsp3) is 0.381. The molecule has 1 spiro atoms. The number of amides is 1. The predicted molar refractivity (Wildman–Crippen MR) is 109 cm³/mol. The summed E-state index contributed by atoms with van der Waals surface area (Å²) in [6.07, 6.45) is 9.47. The maximum absolute atomic E-state index is 12.7. The number of piperidine rings is 1. The van der Waals surface area contributed by atoms with E-state index in [1.807, 2.05) is 19.1 Å². The number of benzene rings is 1. The minimum absolute atomic E-state index is 0.150. The highest BCUT2D eigenvalue weighted by atomic mass is 32.2. The number of allylic oxidation sites excluding steroid dienone is 4. The summed E-state index contributed by atoms with van der Waals surface area (Å²) in [5.74, 6) is 0.150. The van der Waals surface area contributed by atoms with E-state index in [1.54, 1.807) is 18.0 Å². The summed E-state index contributed by atoms with van der Waals surface area (Å²) in [5, 5.41) is 3.05. The molecule has 1 N–H and O–H groups in total. The van der Waals surface area contributed by atoms with Crippen molar-refractivity contribution < 1.29 is 4.79 Å². The van der Waals surface area contributed by atoms with E-state index in [0.717, 1.165) is 31.6 Å². The van der Waals surface area contributed by atoms with Crippen molar-refractivity contribution in [3.05, 3.63) is 66.4 Å². The summed E-state index contributed by atoms with van der Waals surface area (Å²) < 4.78 is 2.37. The Bertz CT molecular complexity index is 715. The number of carbonyl (C=O) groups excluding carboxylic acids is 1. The molecule has 0 saturated carbocycles. The van der Waals surface area contributed by atoms with Crippen LogP contribution in [0.15, 0.2) is 65.7 Å². The maximum atomic E-state index is 12.7. The Balaban J connectivity index is 1.72. The van der Waals surface area contributed by atoms with E-state index in [1.165, 1.54) is 10.5 Å². The molecule has 0 aliphatic carbocycles. The molecule has 1 aromatic rings. The van der Waals surface area contributed by atoms with Gasteiger partial charge in [0.2, 0.25) is 5.91 Å². The molecular formula is C21H27N3OS. The van der Waals surface area contributed by atoms with E-state index in [-0.39, 0.29) is 5.91 Å². The largest absolute Gasteiger partial charge is 0.339 e. The van der Waals surface area contributed by atoms with Crippen LogP contribution in [0, 0.1) is 6.92 Å². The Morgan fingerprint density at radius 3 is 2.58 bits per heavy atom. The molecule has 3 rings (SSSR count). The van der Waals surface area contributed by atoms with Gasteiger partial charge in [-0.15, -0.1) is 0 Å². The number of rotatable bonds is 5. The molecule has 0 aromatic heterocycles. The van der Waals surface area contributed by atoms with Gasteiger partial charge in [0.15, 0.2) is 0 Å². The van der Waals surface area contributed by atoms with Crippen molar-refractivity contribution in [2.45, 2.75) is 37.1 Å². The van der Waals surface area contributed by atoms with E-state index in [9.17, 15) is 4.79 Å². The highest BCUT2D eigenvalue weighted by Crippen LogP contribution is 2.38. The predicted octanol–water partition coefficient (Wildman–Crippen LogP) is 3.87. The van der Waals surface area contributed by atoms with E-state index < -0.39 is 5.54 Å². The molecule has 0 radical (unpaired) electrons. The van der Waals surface area contributed by atoms with Crippen LogP contribution < -0.4 is 5.32 Å². The van der Waals surface area contributed by atoms with Gasteiger partial charge in [-0.2, -0.15) is 0 Å². The molecule has 2 aliphatic rings. The molecule has 2 fully saturated rings. The summed E-state index contributed by atoms with van der Waals surface area (Å²) >= 11 is 1.79. The van der Waals surface area contributed by atoms with Gasteiger partial charge in [-0.3, -0.25) is 4.79 Å². The smallest absolute Gasteiger partial charge is 0.247 e. The number of nitrogens with one attached hydrogen (secondary N) is 1. The second kappa shape index (κ2) is 8.14. The van der Waals surface area contributed by atoms with Crippen molar-refractivity contribution in [1.29, 1.82) is 0 Å². The molecule has 2 aliphatic heterocycles. The standard InChI is InChI=1S/C21H27N3OS/c1-4-6-18(7-5-2)24-16-22-20(25)21(24)12-14-23(15-13-21)26-19-10-8-17(3)9-11-19/h4-11H,1,12-16H2,2-3H3,(H,22,25)/b7-5-,18-6+. The first-order chi connectivity index (χ1) is 12.6. The second-order valence-electron chi connectivity index (χ2n) is 6.78. The molecule has 0 atom stereocenters. The zero-order valence-electron chi connectivity index (χ0n) is 15.6. The van der Waals surface area contributed by atoms with Crippen molar-refractivity contribution >= 4 is 17.9 Å². The van der Waals surface area contributed by atoms with Crippen LogP contribution in [0.1, 0.15) is 25.3 Å². The molecule has 2 saturated heterocycles. The highest BCUT2D eigenvalue weighted by Gasteiger charge is 2.50. The first-order valence-electron chi connectivity index (χ1n) is 9.10. The Morgan fingerprint density at radius 1 is 1.27 bits per heavy atom. The molecule has 5 heteroatoms. The Kier molecular flexibility index (Phi) is 5.89. The van der Waals surface area contributed by atoms with Gasteiger partial charge in [0.05, 0.1) is 6.67 Å². The normalized spacial score (nSPS) is 20.8. The van der Waals surface area contributed by atoms with Gasteiger partial charge >= 0.3 is 0 Å². The summed E-state index contributed by atoms with van der Waals surface area (Å²) in [5.41, 5.74) is 1.87. The van der Waals surface area contributed by atoms with E-state index in [2.05, 4.69) is 58.4 Å². The second-order valence-corrected chi connectivity index (χ2v) is 7.95. The van der Waals surface area contributed by atoms with Crippen molar-refractivity contribution in [3.8, 4) is 0 Å². The third-order valence-corrected chi connectivity index (χ3v) is 6.19. The van der Waals surface area contributed by atoms with Gasteiger partial charge in [0, 0.05) is 23.7 Å². The Morgan fingerprint density at radius 2 is 1.96 bits per heavy atom. The lowest BCUT2D eigenvalue weighted by molar-refractivity contribution is -0.127. The van der Waals surface area contributed by atoms with Crippen LogP contribution >= 0.6 is 11.9 Å². The highest BCUT2D eigenvalue weighted by molar-refractivity contribution is 7.97. The van der Waals surface area contributed by atoms with Gasteiger partial charge in [-0.1, -0.05) is 36.4 Å². The van der Waals surface area contributed by atoms with Crippen molar-refractivity contribution in [1.82, 2.24) is 14.5 Å². The number of aryl methyl sites for hydroxylation is 1. The fourth-order valence-corrected chi connectivity index (χ4v) is 4.57. The van der Waals surface area contributed by atoms with Gasteiger partial charge in [0.1, 0.15) is 5.54 Å². The van der Waals surface area contributed by atoms with Crippen molar-refractivity contribution in [3.63, 3.8) is 0 Å². The third-order valence-electron chi connectivity index (χ3n) is 5.08. The SMILES string of the molecule is C=C/C=C(\C=C/C)N1CNC(=O)C12CCN(Sc1ccc(C)cc1)CC2. The van der Waals surface area contributed by atoms with E-state index >= 15 is 0 Å². The van der Waals surface area contributed by atoms with Crippen LogP contribution in [0.3, 0.4) is 0 Å². The number of hydrogen-bond donors (Lipinski definition) is 1. The van der Waals surface area contributed by atoms with Crippen LogP contribution in [0.5, 0.6) is 0 Å². The van der Waals surface area contributed by atoms with Crippen LogP contribution in [0.2, 0.25) is 0 Å². The first kappa shape index (κ1) is 18.8. The lowest BCUT2D eigenvalue weighted by Crippen LogP contribution is -2.54. The minimum Gasteiger partial charge on any atom is -0.339 e. The van der Waals surface area contributed by atoms with Gasteiger partial charge in [-0.25, -0.2) is 4.31 Å². The number of carbonyl (C=O) groups is 1. The van der Waals surface area contributed by atoms with Crippen molar-refractivity contribution in [2.24, 2.45) is 0 Å². The van der Waals surface area contributed by atoms with E-state index in [0.29, 0.717) is 6.67 Å². The topological polar surface area (TPSA) is 35.6 Å². The zero-order chi connectivity index (χ0) is 18.6. The fourth-order valence-electron chi connectivity index (χ4n) is 3.65. The number of hydrogen-bond acceptors (Lipinski definition) is 4. The average Bonchev–Trinajstić information content (AvgIpc) is 2.95. The molecule has 1 aromatic carbocycles. The van der Waals surface area contributed by atoms with Gasteiger partial charge in [-0.05, 0) is 62.9 Å². The summed E-state index contributed by atoms with van der Waals surface area (Å²) in [4.78, 5) is 16.2. The Hall–Kier alpha value is -1.98. The van der Waals surface area contributed by atoms with E-state index in [4.69, 9.17) is 0 Å². The minimum atomic E-state index is -0.446. The quantitative estimate of drug-likeness (QED) is 0.631. The first-order valence-corrected chi connectivity index (χ1v) is 9.87. The third kappa shape index (κ3) is 3.74. The summed E-state index contributed by atoms with van der Waals surface area (Å²) in [6, 6.07) is 8.61. The van der Waals surface area contributed by atoms with Crippen LogP contribution in [-0.2, 0) is 4.79 Å². The summed E-state index contributed by atoms with van der Waals surface area (Å²) in [6.45, 7) is 10.3. The lowest BCUT2D eigenvalue weighted by atomic mass is 9.86. The summed E-state index contributed by atoms with van der Waals surface area (Å²) in [7, 11) is 0. The molecule has 2 heterocycles. The maximum Gasteiger partial charge on any atom is 0.247 e. The van der Waals surface area contributed by atoms with Gasteiger partial charge in [0.25, 0.3) is 0 Å². The van der Waals surface area contributed by atoms with Crippen molar-refractivity contribution in [2.75, 3.05) is 19.8 Å². The molecule has 0 bridgehead atoms. The molecule has 4 nitrogen and oxygen atoms in total. The molecule has 1 amide bonds. The average molecular weight is 370 g/mol.